The van der Waals surface area contributed by atoms with Crippen molar-refractivity contribution in [3.05, 3.63) is 48.1 Å². The predicted octanol–water partition coefficient (Wildman–Crippen LogP) is 2.55. The summed E-state index contributed by atoms with van der Waals surface area (Å²) in [7, 11) is 0. The summed E-state index contributed by atoms with van der Waals surface area (Å²) in [5.74, 6) is -3.35. The van der Waals surface area contributed by atoms with E-state index in [-0.39, 0.29) is 18.8 Å². The Bertz CT molecular complexity index is 656. The van der Waals surface area contributed by atoms with Gasteiger partial charge in [-0.05, 0) is 18.9 Å². The first-order chi connectivity index (χ1) is 11.9. The lowest BCUT2D eigenvalue weighted by Gasteiger charge is -2.30. The average Bonchev–Trinajstić information content (AvgIpc) is 3.04. The number of aliphatic carboxylic acids is 1. The summed E-state index contributed by atoms with van der Waals surface area (Å²) in [6, 6.07) is 1.85. The molecule has 2 rings (SSSR count). The van der Waals surface area contributed by atoms with Gasteiger partial charge in [0, 0.05) is 11.6 Å². The number of carbonyl (C=O) groups excluding carboxylic acids is 1. The van der Waals surface area contributed by atoms with E-state index < -0.39 is 35.0 Å². The summed E-state index contributed by atoms with van der Waals surface area (Å²) in [5.41, 5.74) is -1.09. The van der Waals surface area contributed by atoms with Crippen molar-refractivity contribution in [2.75, 3.05) is 13.2 Å². The van der Waals surface area contributed by atoms with Crippen LogP contribution in [0.3, 0.4) is 0 Å². The summed E-state index contributed by atoms with van der Waals surface area (Å²) < 4.78 is 32.6. The quantitative estimate of drug-likeness (QED) is 0.556. The maximum absolute atomic E-state index is 14.3. The lowest BCUT2D eigenvalue weighted by atomic mass is 9.77. The summed E-state index contributed by atoms with van der Waals surface area (Å²) >= 11 is 0. The smallest absolute Gasteiger partial charge is 0.328 e. The molecule has 1 aliphatic rings. The first-order valence-corrected chi connectivity index (χ1v) is 8.08. The zero-order valence-electron chi connectivity index (χ0n) is 13.8. The minimum atomic E-state index is -1.26. The number of nitrogens with one attached hydrogen (secondary N) is 1. The van der Waals surface area contributed by atoms with Crippen molar-refractivity contribution in [3.63, 3.8) is 0 Å². The second-order valence-corrected chi connectivity index (χ2v) is 6.10. The molecule has 1 aromatic carbocycles. The molecule has 25 heavy (non-hydrogen) atoms. The van der Waals surface area contributed by atoms with E-state index in [9.17, 15) is 23.5 Å². The first-order valence-electron chi connectivity index (χ1n) is 8.08. The number of carboxylic acid groups (broad SMARTS) is 1. The maximum atomic E-state index is 14.3. The molecule has 1 atom stereocenters. The highest BCUT2D eigenvalue weighted by Crippen LogP contribution is 2.42. The van der Waals surface area contributed by atoms with Crippen LogP contribution in [-0.4, -0.2) is 36.2 Å². The van der Waals surface area contributed by atoms with Crippen molar-refractivity contribution in [1.29, 1.82) is 0 Å². The summed E-state index contributed by atoms with van der Waals surface area (Å²) in [4.78, 5) is 24.2. The SMILES string of the molecule is C=CCOCC(NC(=O)C1(c2ccc(F)cc2F)CCCC1)C(=O)O. The second-order valence-electron chi connectivity index (χ2n) is 6.10. The van der Waals surface area contributed by atoms with Gasteiger partial charge in [-0.3, -0.25) is 4.79 Å². The first kappa shape index (κ1) is 19.1. The zero-order chi connectivity index (χ0) is 18.4. The van der Waals surface area contributed by atoms with E-state index in [1.54, 1.807) is 0 Å². The fourth-order valence-corrected chi connectivity index (χ4v) is 3.22. The fraction of sp³-hybridized carbons (Fsp3) is 0.444. The molecule has 0 aromatic heterocycles. The molecule has 1 aromatic rings. The van der Waals surface area contributed by atoms with Crippen molar-refractivity contribution in [3.8, 4) is 0 Å². The molecule has 1 unspecified atom stereocenters. The van der Waals surface area contributed by atoms with E-state index in [0.29, 0.717) is 25.7 Å². The largest absolute Gasteiger partial charge is 0.480 e. The van der Waals surface area contributed by atoms with Crippen molar-refractivity contribution < 1.29 is 28.2 Å². The summed E-state index contributed by atoms with van der Waals surface area (Å²) in [6.07, 6.45) is 3.62. The predicted molar refractivity (Wildman–Crippen MR) is 87.1 cm³/mol. The van der Waals surface area contributed by atoms with Crippen molar-refractivity contribution >= 4 is 11.9 Å². The van der Waals surface area contributed by atoms with Crippen LogP contribution in [0.2, 0.25) is 0 Å². The highest BCUT2D eigenvalue weighted by atomic mass is 19.1. The average molecular weight is 353 g/mol. The van der Waals surface area contributed by atoms with Crippen LogP contribution in [-0.2, 0) is 19.7 Å². The van der Waals surface area contributed by atoms with Gasteiger partial charge in [0.15, 0.2) is 6.04 Å². The molecular formula is C18H21F2NO4. The third kappa shape index (κ3) is 4.22. The number of hydrogen-bond acceptors (Lipinski definition) is 3. The van der Waals surface area contributed by atoms with Crippen LogP contribution in [0.25, 0.3) is 0 Å². The molecule has 7 heteroatoms. The maximum Gasteiger partial charge on any atom is 0.328 e. The van der Waals surface area contributed by atoms with E-state index in [4.69, 9.17) is 4.74 Å². The van der Waals surface area contributed by atoms with Gasteiger partial charge < -0.3 is 15.2 Å². The van der Waals surface area contributed by atoms with Crippen molar-refractivity contribution in [2.45, 2.75) is 37.1 Å². The van der Waals surface area contributed by atoms with Crippen LogP contribution in [0.1, 0.15) is 31.2 Å². The Morgan fingerprint density at radius 3 is 2.60 bits per heavy atom. The van der Waals surface area contributed by atoms with E-state index in [1.165, 1.54) is 12.1 Å². The topological polar surface area (TPSA) is 75.6 Å². The van der Waals surface area contributed by atoms with Crippen molar-refractivity contribution in [1.82, 2.24) is 5.32 Å². The van der Waals surface area contributed by atoms with Gasteiger partial charge in [-0.2, -0.15) is 0 Å². The van der Waals surface area contributed by atoms with Crippen molar-refractivity contribution in [2.24, 2.45) is 0 Å². The molecule has 5 nitrogen and oxygen atoms in total. The summed E-state index contributed by atoms with van der Waals surface area (Å²) in [6.45, 7) is 3.38. The monoisotopic (exact) mass is 353 g/mol. The standard InChI is InChI=1S/C18H21F2NO4/c1-2-9-25-11-15(16(22)23)21-17(24)18(7-3-4-8-18)13-6-5-12(19)10-14(13)20/h2,5-6,10,15H,1,3-4,7-9,11H2,(H,21,24)(H,22,23). The third-order valence-electron chi connectivity index (χ3n) is 4.46. The molecule has 1 aliphatic carbocycles. The van der Waals surface area contributed by atoms with Gasteiger partial charge in [-0.1, -0.05) is 25.0 Å². The Labute approximate surface area is 144 Å². The lowest BCUT2D eigenvalue weighted by molar-refractivity contribution is -0.144. The zero-order valence-corrected chi connectivity index (χ0v) is 13.8. The molecule has 1 amide bonds. The van der Waals surface area contributed by atoms with Gasteiger partial charge >= 0.3 is 5.97 Å². The van der Waals surface area contributed by atoms with Crippen LogP contribution < -0.4 is 5.32 Å². The van der Waals surface area contributed by atoms with E-state index in [1.807, 2.05) is 0 Å². The number of ether oxygens (including phenoxy) is 1. The number of carboxylic acids is 1. The fourth-order valence-electron chi connectivity index (χ4n) is 3.22. The number of rotatable bonds is 8. The van der Waals surface area contributed by atoms with Gasteiger partial charge in [0.25, 0.3) is 0 Å². The van der Waals surface area contributed by atoms with Crippen LogP contribution in [0.4, 0.5) is 8.78 Å². The van der Waals surface area contributed by atoms with Gasteiger partial charge in [-0.15, -0.1) is 6.58 Å². The molecular weight excluding hydrogens is 332 g/mol. The van der Waals surface area contributed by atoms with Gasteiger partial charge in [0.1, 0.15) is 11.6 Å². The molecule has 0 saturated heterocycles. The van der Waals surface area contributed by atoms with E-state index >= 15 is 0 Å². The Kier molecular flexibility index (Phi) is 6.25. The van der Waals surface area contributed by atoms with Crippen LogP contribution in [0.5, 0.6) is 0 Å². The molecule has 0 bridgehead atoms. The Hall–Kier alpha value is -2.28. The highest BCUT2D eigenvalue weighted by molar-refractivity contribution is 5.92. The number of benzene rings is 1. The molecule has 2 N–H and O–H groups in total. The number of carbonyl (C=O) groups is 2. The lowest BCUT2D eigenvalue weighted by Crippen LogP contribution is -2.51. The molecule has 0 heterocycles. The normalized spacial score (nSPS) is 17.0. The minimum absolute atomic E-state index is 0.0973. The number of amides is 1. The van der Waals surface area contributed by atoms with Crippen LogP contribution in [0.15, 0.2) is 30.9 Å². The third-order valence-corrected chi connectivity index (χ3v) is 4.46. The molecule has 136 valence electrons. The molecule has 0 aliphatic heterocycles. The van der Waals surface area contributed by atoms with Gasteiger partial charge in [-0.25, -0.2) is 13.6 Å². The van der Waals surface area contributed by atoms with E-state index in [0.717, 1.165) is 12.1 Å². The highest BCUT2D eigenvalue weighted by Gasteiger charge is 2.45. The van der Waals surface area contributed by atoms with Gasteiger partial charge in [0.2, 0.25) is 5.91 Å². The van der Waals surface area contributed by atoms with Crippen LogP contribution >= 0.6 is 0 Å². The molecule has 0 radical (unpaired) electrons. The molecule has 1 fully saturated rings. The Morgan fingerprint density at radius 2 is 2.04 bits per heavy atom. The van der Waals surface area contributed by atoms with Gasteiger partial charge in [0.05, 0.1) is 18.6 Å². The second kappa shape index (κ2) is 8.20. The summed E-state index contributed by atoms with van der Waals surface area (Å²) in [5, 5.41) is 11.7. The molecule has 1 saturated carbocycles. The van der Waals surface area contributed by atoms with Crippen LogP contribution in [0, 0.1) is 11.6 Å². The number of hydrogen-bond donors (Lipinski definition) is 2. The number of halogens is 2. The molecule has 0 spiro atoms. The Morgan fingerprint density at radius 1 is 1.36 bits per heavy atom. The Balaban J connectivity index is 2.25. The minimum Gasteiger partial charge on any atom is -0.480 e. The van der Waals surface area contributed by atoms with E-state index in [2.05, 4.69) is 11.9 Å².